The summed E-state index contributed by atoms with van der Waals surface area (Å²) in [5.41, 5.74) is 2.73. The van der Waals surface area contributed by atoms with Gasteiger partial charge in [-0.2, -0.15) is 10.2 Å². The molecule has 1 N–H and O–H groups in total. The number of ether oxygens (including phenoxy) is 2. The second kappa shape index (κ2) is 12.1. The van der Waals surface area contributed by atoms with Crippen molar-refractivity contribution in [1.82, 2.24) is 29.5 Å². The fraction of sp³-hybridized carbons (Fsp3) is 0.333. The summed E-state index contributed by atoms with van der Waals surface area (Å²) in [5, 5.41) is 20.7. The molecule has 0 saturated carbocycles. The summed E-state index contributed by atoms with van der Waals surface area (Å²) >= 11 is 0. The third kappa shape index (κ3) is 6.18. The number of hydrogen-bond acceptors (Lipinski definition) is 10. The van der Waals surface area contributed by atoms with E-state index in [0.717, 1.165) is 49.0 Å². The van der Waals surface area contributed by atoms with E-state index in [1.54, 1.807) is 12.3 Å². The van der Waals surface area contributed by atoms with Gasteiger partial charge in [0.05, 0.1) is 41.9 Å². The van der Waals surface area contributed by atoms with E-state index in [0.29, 0.717) is 43.4 Å². The van der Waals surface area contributed by atoms with E-state index in [-0.39, 0.29) is 29.8 Å². The smallest absolute Gasteiger partial charge is 0.241 e. The van der Waals surface area contributed by atoms with Crippen molar-refractivity contribution in [3.8, 4) is 17.7 Å². The summed E-state index contributed by atoms with van der Waals surface area (Å²) in [7, 11) is 0. The summed E-state index contributed by atoms with van der Waals surface area (Å²) in [6, 6.07) is 13.3. The third-order valence-corrected chi connectivity index (χ3v) is 7.36. The van der Waals surface area contributed by atoms with Crippen molar-refractivity contribution in [2.75, 3.05) is 32.8 Å². The van der Waals surface area contributed by atoms with Crippen molar-refractivity contribution in [3.63, 3.8) is 0 Å². The van der Waals surface area contributed by atoms with E-state index in [1.807, 2.05) is 29.3 Å². The maximum Gasteiger partial charge on any atom is 0.241 e. The van der Waals surface area contributed by atoms with Gasteiger partial charge >= 0.3 is 0 Å². The minimum atomic E-state index is -0.618. The lowest BCUT2D eigenvalue weighted by Gasteiger charge is -2.33. The fourth-order valence-electron chi connectivity index (χ4n) is 4.95. The number of aliphatic hydroxyl groups is 1. The lowest BCUT2D eigenvalue weighted by molar-refractivity contribution is -0.0937. The zero-order chi connectivity index (χ0) is 29.1. The molecule has 1 unspecified atom stereocenters. The molecule has 12 heteroatoms. The first kappa shape index (κ1) is 27.6. The minimum absolute atomic E-state index is 0.0214. The number of rotatable bonds is 10. The molecule has 0 amide bonds. The molecule has 4 heterocycles. The van der Waals surface area contributed by atoms with Crippen LogP contribution in [-0.2, 0) is 24.4 Å². The normalized spacial score (nSPS) is 17.5. The van der Waals surface area contributed by atoms with Crippen molar-refractivity contribution in [2.45, 2.75) is 32.2 Å². The van der Waals surface area contributed by atoms with Crippen molar-refractivity contribution in [3.05, 3.63) is 83.8 Å². The van der Waals surface area contributed by atoms with Crippen LogP contribution in [0.2, 0.25) is 0 Å². The maximum atomic E-state index is 14.1. The number of hydroxylamine groups is 2. The SMILES string of the molecule is C=C(O)c1ccc2nc(CN3CCN(Oc4ccnc(COc5ccc(C#N)cc5F)n4)CC3)n(CC3CCO3)c2c1. The Morgan fingerprint density at radius 2 is 1.98 bits per heavy atom. The van der Waals surface area contributed by atoms with E-state index in [1.165, 1.54) is 12.1 Å². The summed E-state index contributed by atoms with van der Waals surface area (Å²) in [6.45, 7) is 8.63. The highest BCUT2D eigenvalue weighted by Crippen LogP contribution is 2.25. The van der Waals surface area contributed by atoms with Gasteiger partial charge in [-0.3, -0.25) is 4.90 Å². The molecule has 0 spiro atoms. The standard InChI is InChI=1S/C30H30FN7O4/c1-20(39)22-3-4-25-26(15-22)38(17-23-7-13-40-23)29(34-25)18-36-9-11-37(12-10-36)42-30-6-8-33-28(35-30)19-41-27-5-2-21(16-32)14-24(27)31/h2-6,8,14-15,23,39H,1,7,9-13,17-19H2. The second-order valence-corrected chi connectivity index (χ2v) is 10.2. The first-order valence-corrected chi connectivity index (χ1v) is 13.7. The van der Waals surface area contributed by atoms with Crippen molar-refractivity contribution >= 4 is 16.8 Å². The molecule has 0 radical (unpaired) electrons. The summed E-state index contributed by atoms with van der Waals surface area (Å²) < 4.78 is 27.5. The highest BCUT2D eigenvalue weighted by molar-refractivity contribution is 5.80. The molecule has 2 aliphatic heterocycles. The average molecular weight is 572 g/mol. The first-order valence-electron chi connectivity index (χ1n) is 13.7. The Kier molecular flexibility index (Phi) is 7.96. The molecule has 0 bridgehead atoms. The van der Waals surface area contributed by atoms with Crippen molar-refractivity contribution < 1.29 is 23.8 Å². The molecule has 42 heavy (non-hydrogen) atoms. The van der Waals surface area contributed by atoms with Gasteiger partial charge in [-0.05, 0) is 42.8 Å². The van der Waals surface area contributed by atoms with Gasteiger partial charge in [0.2, 0.25) is 5.88 Å². The molecule has 2 aliphatic rings. The molecule has 2 fully saturated rings. The lowest BCUT2D eigenvalue weighted by atomic mass is 10.1. The van der Waals surface area contributed by atoms with Gasteiger partial charge in [0.15, 0.2) is 17.4 Å². The van der Waals surface area contributed by atoms with E-state index in [2.05, 4.69) is 26.0 Å². The van der Waals surface area contributed by atoms with E-state index >= 15 is 0 Å². The predicted octanol–water partition coefficient (Wildman–Crippen LogP) is 3.85. The number of nitriles is 1. The third-order valence-electron chi connectivity index (χ3n) is 7.36. The quantitative estimate of drug-likeness (QED) is 0.281. The Labute approximate surface area is 242 Å². The molecule has 2 aromatic carbocycles. The fourth-order valence-corrected chi connectivity index (χ4v) is 4.95. The van der Waals surface area contributed by atoms with E-state index in [4.69, 9.17) is 24.6 Å². The van der Waals surface area contributed by atoms with Gasteiger partial charge in [-0.25, -0.2) is 14.4 Å². The summed E-state index contributed by atoms with van der Waals surface area (Å²) in [4.78, 5) is 21.8. The summed E-state index contributed by atoms with van der Waals surface area (Å²) in [6.07, 6.45) is 2.75. The molecule has 2 saturated heterocycles. The van der Waals surface area contributed by atoms with Crippen LogP contribution in [0.3, 0.4) is 0 Å². The van der Waals surface area contributed by atoms with Crippen LogP contribution in [-0.4, -0.2) is 73.5 Å². The number of imidazole rings is 1. The molecule has 4 aromatic rings. The number of hydrogen-bond donors (Lipinski definition) is 1. The molecule has 11 nitrogen and oxygen atoms in total. The van der Waals surface area contributed by atoms with E-state index < -0.39 is 5.82 Å². The summed E-state index contributed by atoms with van der Waals surface area (Å²) in [5.74, 6) is 1.11. The van der Waals surface area contributed by atoms with Crippen LogP contribution in [0.1, 0.15) is 29.2 Å². The van der Waals surface area contributed by atoms with Gasteiger partial charge in [-0.1, -0.05) is 6.58 Å². The molecular weight excluding hydrogens is 541 g/mol. The van der Waals surface area contributed by atoms with Crippen LogP contribution in [0.4, 0.5) is 4.39 Å². The molecule has 0 aliphatic carbocycles. The van der Waals surface area contributed by atoms with Crippen molar-refractivity contribution in [2.24, 2.45) is 0 Å². The van der Waals surface area contributed by atoms with Crippen LogP contribution in [0.25, 0.3) is 16.8 Å². The van der Waals surface area contributed by atoms with Gasteiger partial charge in [0.1, 0.15) is 18.2 Å². The number of nitrogens with zero attached hydrogens (tertiary/aromatic N) is 7. The highest BCUT2D eigenvalue weighted by Gasteiger charge is 2.25. The van der Waals surface area contributed by atoms with Crippen LogP contribution in [0, 0.1) is 17.1 Å². The molecule has 6 rings (SSSR count). The van der Waals surface area contributed by atoms with Crippen LogP contribution in [0.5, 0.6) is 11.6 Å². The number of fused-ring (bicyclic) bond motifs is 1. The van der Waals surface area contributed by atoms with Crippen LogP contribution >= 0.6 is 0 Å². The lowest BCUT2D eigenvalue weighted by Crippen LogP contribution is -2.47. The monoisotopic (exact) mass is 571 g/mol. The second-order valence-electron chi connectivity index (χ2n) is 10.2. The minimum Gasteiger partial charge on any atom is -0.508 e. The van der Waals surface area contributed by atoms with E-state index in [9.17, 15) is 9.50 Å². The van der Waals surface area contributed by atoms with Gasteiger partial charge in [-0.15, -0.1) is 5.06 Å². The Hall–Kier alpha value is -4.57. The largest absolute Gasteiger partial charge is 0.508 e. The van der Waals surface area contributed by atoms with Crippen LogP contribution < -0.4 is 9.57 Å². The maximum absolute atomic E-state index is 14.1. The highest BCUT2D eigenvalue weighted by atomic mass is 19.1. The Balaban J connectivity index is 1.06. The van der Waals surface area contributed by atoms with Gasteiger partial charge in [0, 0.05) is 50.6 Å². The number of halogens is 1. The first-order chi connectivity index (χ1) is 20.4. The number of aliphatic hydroxyl groups excluding tert-OH is 1. The number of benzene rings is 2. The van der Waals surface area contributed by atoms with Gasteiger partial charge < -0.3 is 24.0 Å². The zero-order valence-electron chi connectivity index (χ0n) is 22.9. The predicted molar refractivity (Wildman–Crippen MR) is 151 cm³/mol. The Morgan fingerprint density at radius 1 is 1.14 bits per heavy atom. The van der Waals surface area contributed by atoms with Crippen molar-refractivity contribution in [1.29, 1.82) is 5.26 Å². The number of piperazine rings is 1. The Bertz CT molecular complexity index is 1640. The van der Waals surface area contributed by atoms with Crippen LogP contribution in [0.15, 0.2) is 55.2 Å². The average Bonchev–Trinajstić information content (AvgIpc) is 3.31. The zero-order valence-corrected chi connectivity index (χ0v) is 22.9. The molecule has 2 aromatic heterocycles. The number of aromatic nitrogens is 4. The topological polar surface area (TPSA) is 122 Å². The molecular formula is C30H30FN7O4. The Morgan fingerprint density at radius 3 is 2.69 bits per heavy atom. The van der Waals surface area contributed by atoms with Gasteiger partial charge in [0.25, 0.3) is 0 Å². The molecule has 1 atom stereocenters. The molecule has 216 valence electrons.